The van der Waals surface area contributed by atoms with E-state index < -0.39 is 0 Å². The molecule has 1 N–H and O–H groups in total. The molecule has 1 saturated heterocycles. The van der Waals surface area contributed by atoms with Crippen molar-refractivity contribution in [3.05, 3.63) is 0 Å². The van der Waals surface area contributed by atoms with E-state index in [9.17, 15) is 0 Å². The molecule has 106 valence electrons. The molecular formula is C16H32N2. The van der Waals surface area contributed by atoms with Gasteiger partial charge in [0.25, 0.3) is 0 Å². The van der Waals surface area contributed by atoms with E-state index in [4.69, 9.17) is 0 Å². The first-order valence-electron chi connectivity index (χ1n) is 8.14. The molecule has 2 nitrogen and oxygen atoms in total. The van der Waals surface area contributed by atoms with Gasteiger partial charge < -0.3 is 10.2 Å². The Morgan fingerprint density at radius 2 is 1.72 bits per heavy atom. The minimum Gasteiger partial charge on any atom is -0.314 e. The van der Waals surface area contributed by atoms with E-state index in [1.54, 1.807) is 0 Å². The monoisotopic (exact) mass is 252 g/mol. The summed E-state index contributed by atoms with van der Waals surface area (Å²) in [5.41, 5.74) is 0. The summed E-state index contributed by atoms with van der Waals surface area (Å²) in [6.45, 7) is 12.2. The molecule has 2 heteroatoms. The minimum absolute atomic E-state index is 0.788. The predicted octanol–water partition coefficient (Wildman–Crippen LogP) is 3.13. The van der Waals surface area contributed by atoms with Crippen LogP contribution in [0.2, 0.25) is 0 Å². The van der Waals surface area contributed by atoms with Crippen LogP contribution < -0.4 is 5.32 Å². The molecule has 0 aromatic heterocycles. The Morgan fingerprint density at radius 3 is 2.39 bits per heavy atom. The number of nitrogens with zero attached hydrogens (tertiary/aromatic N) is 1. The molecule has 2 aliphatic rings. The van der Waals surface area contributed by atoms with Crippen LogP contribution in [0.3, 0.4) is 0 Å². The average Bonchev–Trinajstić information content (AvgIpc) is 2.30. The summed E-state index contributed by atoms with van der Waals surface area (Å²) in [6, 6.07) is 0.788. The van der Waals surface area contributed by atoms with Crippen molar-refractivity contribution in [3.8, 4) is 0 Å². The molecule has 2 fully saturated rings. The first-order chi connectivity index (χ1) is 8.69. The number of piperidine rings is 1. The van der Waals surface area contributed by atoms with Gasteiger partial charge >= 0.3 is 0 Å². The second kappa shape index (κ2) is 6.91. The molecule has 0 bridgehead atoms. The van der Waals surface area contributed by atoms with Gasteiger partial charge in [-0.3, -0.25) is 0 Å². The second-order valence-electron chi connectivity index (χ2n) is 6.87. The lowest BCUT2D eigenvalue weighted by molar-refractivity contribution is 0.0996. The molecule has 0 amide bonds. The third-order valence-electron chi connectivity index (χ3n) is 4.81. The molecular weight excluding hydrogens is 220 g/mol. The first-order valence-corrected chi connectivity index (χ1v) is 8.14. The maximum atomic E-state index is 3.72. The summed E-state index contributed by atoms with van der Waals surface area (Å²) >= 11 is 0. The van der Waals surface area contributed by atoms with Crippen LogP contribution in [0.4, 0.5) is 0 Å². The summed E-state index contributed by atoms with van der Waals surface area (Å²) in [5, 5.41) is 3.72. The molecule has 1 heterocycles. The van der Waals surface area contributed by atoms with Gasteiger partial charge in [0.05, 0.1) is 0 Å². The molecule has 4 atom stereocenters. The fourth-order valence-corrected chi connectivity index (χ4v) is 4.23. The maximum Gasteiger partial charge on any atom is 0.0107 e. The van der Waals surface area contributed by atoms with Crippen LogP contribution in [-0.4, -0.2) is 37.1 Å². The number of hydrogen-bond acceptors (Lipinski definition) is 2. The first kappa shape index (κ1) is 14.3. The fourth-order valence-electron chi connectivity index (χ4n) is 4.23. The third kappa shape index (κ3) is 3.96. The summed E-state index contributed by atoms with van der Waals surface area (Å²) in [7, 11) is 0. The van der Waals surface area contributed by atoms with Gasteiger partial charge in [0, 0.05) is 25.7 Å². The molecule has 4 unspecified atom stereocenters. The summed E-state index contributed by atoms with van der Waals surface area (Å²) in [6.07, 6.45) is 7.15. The van der Waals surface area contributed by atoms with Crippen molar-refractivity contribution in [1.29, 1.82) is 0 Å². The largest absolute Gasteiger partial charge is 0.314 e. The maximum absolute atomic E-state index is 3.72. The van der Waals surface area contributed by atoms with E-state index in [1.165, 1.54) is 51.7 Å². The van der Waals surface area contributed by atoms with Crippen LogP contribution in [-0.2, 0) is 0 Å². The van der Waals surface area contributed by atoms with Gasteiger partial charge in [0.1, 0.15) is 0 Å². The topological polar surface area (TPSA) is 15.3 Å². The van der Waals surface area contributed by atoms with Crippen molar-refractivity contribution >= 4 is 0 Å². The molecule has 0 spiro atoms. The smallest absolute Gasteiger partial charge is 0.0107 e. The highest BCUT2D eigenvalue weighted by Gasteiger charge is 2.29. The summed E-state index contributed by atoms with van der Waals surface area (Å²) < 4.78 is 0. The van der Waals surface area contributed by atoms with Crippen molar-refractivity contribution in [2.24, 2.45) is 17.8 Å². The standard InChI is InChI=1S/C16H32N2/c1-4-17-16-8-6-5-7-15(16)12-18-10-13(2)9-14(3)11-18/h13-17H,4-12H2,1-3H3. The van der Waals surface area contributed by atoms with Gasteiger partial charge in [-0.05, 0) is 43.6 Å². The molecule has 1 saturated carbocycles. The van der Waals surface area contributed by atoms with Crippen molar-refractivity contribution in [2.45, 2.75) is 58.9 Å². The highest BCUT2D eigenvalue weighted by molar-refractivity contribution is 4.85. The zero-order valence-electron chi connectivity index (χ0n) is 12.6. The average molecular weight is 252 g/mol. The van der Waals surface area contributed by atoms with Gasteiger partial charge in [-0.25, -0.2) is 0 Å². The van der Waals surface area contributed by atoms with Gasteiger partial charge in [-0.2, -0.15) is 0 Å². The SMILES string of the molecule is CCNC1CCCCC1CN1CC(C)CC(C)C1. The van der Waals surface area contributed by atoms with Crippen LogP contribution >= 0.6 is 0 Å². The van der Waals surface area contributed by atoms with Crippen molar-refractivity contribution < 1.29 is 0 Å². The normalized spacial score (nSPS) is 38.8. The quantitative estimate of drug-likeness (QED) is 0.827. The minimum atomic E-state index is 0.788. The fraction of sp³-hybridized carbons (Fsp3) is 1.00. The lowest BCUT2D eigenvalue weighted by Crippen LogP contribution is -2.47. The number of rotatable bonds is 4. The molecule has 1 aliphatic heterocycles. The van der Waals surface area contributed by atoms with Crippen molar-refractivity contribution in [2.75, 3.05) is 26.2 Å². The zero-order valence-corrected chi connectivity index (χ0v) is 12.6. The molecule has 18 heavy (non-hydrogen) atoms. The number of nitrogens with one attached hydrogen (secondary N) is 1. The highest BCUT2D eigenvalue weighted by atomic mass is 15.1. The Balaban J connectivity index is 1.85. The Bertz CT molecular complexity index is 229. The number of likely N-dealkylation sites (tertiary alicyclic amines) is 1. The summed E-state index contributed by atoms with van der Waals surface area (Å²) in [4.78, 5) is 2.75. The predicted molar refractivity (Wildman–Crippen MR) is 78.8 cm³/mol. The van der Waals surface area contributed by atoms with Gasteiger partial charge in [-0.1, -0.05) is 33.6 Å². The van der Waals surface area contributed by atoms with E-state index >= 15 is 0 Å². The third-order valence-corrected chi connectivity index (χ3v) is 4.81. The lowest BCUT2D eigenvalue weighted by atomic mass is 9.83. The number of hydrogen-bond donors (Lipinski definition) is 1. The van der Waals surface area contributed by atoms with E-state index in [1.807, 2.05) is 0 Å². The Labute approximate surface area is 114 Å². The van der Waals surface area contributed by atoms with Crippen LogP contribution in [0.1, 0.15) is 52.9 Å². The van der Waals surface area contributed by atoms with Gasteiger partial charge in [-0.15, -0.1) is 0 Å². The van der Waals surface area contributed by atoms with Crippen LogP contribution in [0, 0.1) is 17.8 Å². The Hall–Kier alpha value is -0.0800. The molecule has 0 aromatic carbocycles. The van der Waals surface area contributed by atoms with E-state index in [0.29, 0.717) is 0 Å². The van der Waals surface area contributed by atoms with E-state index in [0.717, 1.165) is 30.3 Å². The van der Waals surface area contributed by atoms with Crippen LogP contribution in [0.25, 0.3) is 0 Å². The molecule has 0 radical (unpaired) electrons. The van der Waals surface area contributed by atoms with Gasteiger partial charge in [0.2, 0.25) is 0 Å². The van der Waals surface area contributed by atoms with Gasteiger partial charge in [0.15, 0.2) is 0 Å². The van der Waals surface area contributed by atoms with Crippen LogP contribution in [0.5, 0.6) is 0 Å². The van der Waals surface area contributed by atoms with Crippen molar-refractivity contribution in [1.82, 2.24) is 10.2 Å². The highest BCUT2D eigenvalue weighted by Crippen LogP contribution is 2.28. The van der Waals surface area contributed by atoms with E-state index in [-0.39, 0.29) is 0 Å². The Morgan fingerprint density at radius 1 is 1.06 bits per heavy atom. The summed E-state index contributed by atoms with van der Waals surface area (Å²) in [5.74, 6) is 2.70. The lowest BCUT2D eigenvalue weighted by Gasteiger charge is -2.40. The van der Waals surface area contributed by atoms with E-state index in [2.05, 4.69) is 31.0 Å². The zero-order chi connectivity index (χ0) is 13.0. The second-order valence-corrected chi connectivity index (χ2v) is 6.87. The molecule has 2 rings (SSSR count). The Kier molecular flexibility index (Phi) is 5.50. The van der Waals surface area contributed by atoms with Crippen LogP contribution in [0.15, 0.2) is 0 Å². The van der Waals surface area contributed by atoms with Crippen molar-refractivity contribution in [3.63, 3.8) is 0 Å². The molecule has 0 aromatic rings. The molecule has 1 aliphatic carbocycles.